The highest BCUT2D eigenvalue weighted by Gasteiger charge is 2.29. The van der Waals surface area contributed by atoms with E-state index in [2.05, 4.69) is 15.2 Å². The summed E-state index contributed by atoms with van der Waals surface area (Å²) in [4.78, 5) is 19.6. The Morgan fingerprint density at radius 1 is 1.16 bits per heavy atom. The van der Waals surface area contributed by atoms with Gasteiger partial charge >= 0.3 is 0 Å². The maximum Gasteiger partial charge on any atom is 0.176 e. The number of benzene rings is 2. The number of methoxy groups -OCH3 is 1. The van der Waals surface area contributed by atoms with Crippen molar-refractivity contribution in [3.05, 3.63) is 47.1 Å². The van der Waals surface area contributed by atoms with Gasteiger partial charge in [0.15, 0.2) is 17.3 Å². The molecule has 2 heterocycles. The number of phenolic OH excluding ortho intramolecular Hbond substituents is 1. The summed E-state index contributed by atoms with van der Waals surface area (Å²) >= 11 is 6.26. The Kier molecular flexibility index (Phi) is 8.07. The summed E-state index contributed by atoms with van der Waals surface area (Å²) < 4.78 is 5.29. The number of halogens is 1. The van der Waals surface area contributed by atoms with Crippen molar-refractivity contribution >= 4 is 34.0 Å². The molecule has 38 heavy (non-hydrogen) atoms. The van der Waals surface area contributed by atoms with Gasteiger partial charge in [0.2, 0.25) is 0 Å². The van der Waals surface area contributed by atoms with Gasteiger partial charge in [0, 0.05) is 30.2 Å². The standard InChI is InChI=1S/C30H36ClN3O4/c1-18(36)25-15-32-27-10-7-20(21-13-26(31)30(37)28(14-21)38-2)12-24(27)29(25)33-22-8-5-19(6-9-22)16-34-11-3-4-23(34)17-35/h7,10,12-15,19,22-23,35,37H,3-6,8-9,11,16-17H2,1-2H3,(H,32,33). The van der Waals surface area contributed by atoms with Crippen molar-refractivity contribution in [1.29, 1.82) is 0 Å². The number of aliphatic hydroxyl groups is 1. The molecule has 5 rings (SSSR count). The van der Waals surface area contributed by atoms with E-state index < -0.39 is 0 Å². The molecule has 1 aliphatic heterocycles. The highest BCUT2D eigenvalue weighted by Crippen LogP contribution is 2.40. The van der Waals surface area contributed by atoms with Crippen LogP contribution in [0.15, 0.2) is 36.5 Å². The summed E-state index contributed by atoms with van der Waals surface area (Å²) in [6.07, 6.45) is 8.27. The molecule has 1 aliphatic carbocycles. The molecule has 8 heteroatoms. The number of hydrogen-bond acceptors (Lipinski definition) is 7. The fourth-order valence-electron chi connectivity index (χ4n) is 6.06. The Morgan fingerprint density at radius 3 is 2.66 bits per heavy atom. The number of anilines is 1. The zero-order valence-electron chi connectivity index (χ0n) is 22.0. The SMILES string of the molecule is COc1cc(-c2ccc3ncc(C(C)=O)c(NC4CCC(CN5CCCC5CO)CC4)c3c2)cc(Cl)c1O. The average Bonchev–Trinajstić information content (AvgIpc) is 3.38. The van der Waals surface area contributed by atoms with E-state index in [1.165, 1.54) is 13.5 Å². The van der Waals surface area contributed by atoms with Crippen LogP contribution in [0, 0.1) is 5.92 Å². The topological polar surface area (TPSA) is 94.9 Å². The van der Waals surface area contributed by atoms with Crippen LogP contribution in [0.5, 0.6) is 11.5 Å². The van der Waals surface area contributed by atoms with Crippen LogP contribution in [0.25, 0.3) is 22.0 Å². The molecule has 7 nitrogen and oxygen atoms in total. The molecule has 1 saturated heterocycles. The van der Waals surface area contributed by atoms with Crippen molar-refractivity contribution in [3.8, 4) is 22.6 Å². The minimum absolute atomic E-state index is 0.0283. The third-order valence-electron chi connectivity index (χ3n) is 8.23. The van der Waals surface area contributed by atoms with Crippen molar-refractivity contribution in [2.45, 2.75) is 57.5 Å². The second-order valence-corrected chi connectivity index (χ2v) is 11.1. The van der Waals surface area contributed by atoms with Gasteiger partial charge in [-0.1, -0.05) is 17.7 Å². The molecule has 0 bridgehead atoms. The maximum absolute atomic E-state index is 12.6. The molecule has 2 fully saturated rings. The van der Waals surface area contributed by atoms with E-state index in [1.54, 1.807) is 25.3 Å². The van der Waals surface area contributed by atoms with E-state index in [1.807, 2.05) is 18.2 Å². The fourth-order valence-corrected chi connectivity index (χ4v) is 6.27. The molecule has 3 aromatic rings. The number of nitrogens with zero attached hydrogens (tertiary/aromatic N) is 2. The molecule has 1 aromatic heterocycles. The molecule has 2 aliphatic rings. The first-order valence-electron chi connectivity index (χ1n) is 13.5. The molecule has 1 saturated carbocycles. The number of ketones is 1. The van der Waals surface area contributed by atoms with Crippen LogP contribution < -0.4 is 10.1 Å². The van der Waals surface area contributed by atoms with Gasteiger partial charge in [0.05, 0.1) is 35.5 Å². The van der Waals surface area contributed by atoms with Crippen LogP contribution in [0.1, 0.15) is 55.8 Å². The predicted octanol–water partition coefficient (Wildman–Crippen LogP) is 5.90. The van der Waals surface area contributed by atoms with E-state index in [0.717, 1.165) is 72.9 Å². The Balaban J connectivity index is 1.40. The minimum atomic E-state index is -0.0891. The summed E-state index contributed by atoms with van der Waals surface area (Å²) in [5.41, 5.74) is 3.90. The third-order valence-corrected chi connectivity index (χ3v) is 8.51. The summed E-state index contributed by atoms with van der Waals surface area (Å²) in [5.74, 6) is 0.827. The van der Waals surface area contributed by atoms with Crippen LogP contribution in [0.2, 0.25) is 5.02 Å². The van der Waals surface area contributed by atoms with Crippen LogP contribution in [0.4, 0.5) is 5.69 Å². The van der Waals surface area contributed by atoms with Crippen molar-refractivity contribution < 1.29 is 19.7 Å². The van der Waals surface area contributed by atoms with Gasteiger partial charge < -0.3 is 20.3 Å². The van der Waals surface area contributed by atoms with Gasteiger partial charge in [-0.2, -0.15) is 0 Å². The second kappa shape index (κ2) is 11.5. The number of phenols is 1. The zero-order chi connectivity index (χ0) is 26.8. The Bertz CT molecular complexity index is 1320. The number of rotatable bonds is 8. The molecule has 1 unspecified atom stereocenters. The van der Waals surface area contributed by atoms with E-state index in [4.69, 9.17) is 16.3 Å². The smallest absolute Gasteiger partial charge is 0.176 e. The Hall–Kier alpha value is -2.87. The molecule has 0 radical (unpaired) electrons. The number of carbonyl (C=O) groups excluding carboxylic acids is 1. The van der Waals surface area contributed by atoms with Crippen molar-refractivity contribution in [2.75, 3.05) is 32.1 Å². The van der Waals surface area contributed by atoms with Crippen molar-refractivity contribution in [3.63, 3.8) is 0 Å². The Morgan fingerprint density at radius 2 is 1.95 bits per heavy atom. The Labute approximate surface area is 228 Å². The van der Waals surface area contributed by atoms with E-state index >= 15 is 0 Å². The summed E-state index contributed by atoms with van der Waals surface area (Å²) in [7, 11) is 1.49. The van der Waals surface area contributed by atoms with Crippen LogP contribution >= 0.6 is 11.6 Å². The molecular formula is C30H36ClN3O4. The monoisotopic (exact) mass is 537 g/mol. The normalized spacial score (nSPS) is 22.1. The van der Waals surface area contributed by atoms with Crippen LogP contribution in [0.3, 0.4) is 0 Å². The predicted molar refractivity (Wildman–Crippen MR) is 151 cm³/mol. The molecule has 3 N–H and O–H groups in total. The molecule has 0 spiro atoms. The van der Waals surface area contributed by atoms with Gasteiger partial charge in [-0.25, -0.2) is 0 Å². The zero-order valence-corrected chi connectivity index (χ0v) is 22.8. The van der Waals surface area contributed by atoms with E-state index in [0.29, 0.717) is 23.3 Å². The number of hydrogen-bond donors (Lipinski definition) is 3. The first-order chi connectivity index (χ1) is 18.4. The second-order valence-electron chi connectivity index (χ2n) is 10.7. The molecule has 0 amide bonds. The number of nitrogens with one attached hydrogen (secondary N) is 1. The van der Waals surface area contributed by atoms with E-state index in [-0.39, 0.29) is 29.2 Å². The first-order valence-corrected chi connectivity index (χ1v) is 13.9. The van der Waals surface area contributed by atoms with Crippen molar-refractivity contribution in [2.24, 2.45) is 5.92 Å². The quantitative estimate of drug-likeness (QED) is 0.308. The fraction of sp³-hybridized carbons (Fsp3) is 0.467. The maximum atomic E-state index is 12.6. The molecule has 202 valence electrons. The highest BCUT2D eigenvalue weighted by molar-refractivity contribution is 6.32. The van der Waals surface area contributed by atoms with Crippen LogP contribution in [-0.2, 0) is 0 Å². The molecule has 1 atom stereocenters. The van der Waals surface area contributed by atoms with Gasteiger partial charge in [-0.05, 0) is 93.3 Å². The van der Waals surface area contributed by atoms with Gasteiger partial charge in [0.1, 0.15) is 0 Å². The van der Waals surface area contributed by atoms with Crippen molar-refractivity contribution in [1.82, 2.24) is 9.88 Å². The van der Waals surface area contributed by atoms with Gasteiger partial charge in [-0.3, -0.25) is 14.7 Å². The number of pyridine rings is 1. The van der Waals surface area contributed by atoms with E-state index in [9.17, 15) is 15.0 Å². The molecular weight excluding hydrogens is 502 g/mol. The number of carbonyl (C=O) groups is 1. The average molecular weight is 538 g/mol. The number of ether oxygens (including phenoxy) is 1. The number of fused-ring (bicyclic) bond motifs is 1. The molecule has 2 aromatic carbocycles. The highest BCUT2D eigenvalue weighted by atomic mass is 35.5. The van der Waals surface area contributed by atoms with Crippen LogP contribution in [-0.4, -0.2) is 64.8 Å². The van der Waals surface area contributed by atoms with Gasteiger partial charge in [0.25, 0.3) is 0 Å². The number of Topliss-reactive ketones (excluding diaryl/α,β-unsaturated/α-hetero) is 1. The lowest BCUT2D eigenvalue weighted by Crippen LogP contribution is -2.38. The number of aromatic hydroxyl groups is 1. The summed E-state index contributed by atoms with van der Waals surface area (Å²) in [5, 5.41) is 24.6. The largest absolute Gasteiger partial charge is 0.503 e. The number of likely N-dealkylation sites (tertiary alicyclic amines) is 1. The lowest BCUT2D eigenvalue weighted by molar-refractivity contribution is 0.101. The first kappa shape index (κ1) is 26.7. The minimum Gasteiger partial charge on any atom is -0.503 e. The lowest BCUT2D eigenvalue weighted by Gasteiger charge is -2.34. The van der Waals surface area contributed by atoms with Gasteiger partial charge in [-0.15, -0.1) is 0 Å². The number of aromatic nitrogens is 1. The summed E-state index contributed by atoms with van der Waals surface area (Å²) in [6.45, 7) is 3.99. The lowest BCUT2D eigenvalue weighted by atomic mass is 9.85. The number of aliphatic hydroxyl groups excluding tert-OH is 1. The third kappa shape index (κ3) is 5.46. The summed E-state index contributed by atoms with van der Waals surface area (Å²) in [6, 6.07) is 9.97.